The molecule has 0 aliphatic carbocycles. The maximum absolute atomic E-state index is 5.18. The number of nitrogens with one attached hydrogen (secondary N) is 1. The van der Waals surface area contributed by atoms with Crippen molar-refractivity contribution in [2.45, 2.75) is 13.5 Å². The summed E-state index contributed by atoms with van der Waals surface area (Å²) in [4.78, 5) is 6.89. The van der Waals surface area contributed by atoms with E-state index in [1.807, 2.05) is 30.3 Å². The highest BCUT2D eigenvalue weighted by molar-refractivity contribution is 5.85. The summed E-state index contributed by atoms with van der Waals surface area (Å²) >= 11 is 0. The van der Waals surface area contributed by atoms with E-state index in [1.54, 1.807) is 7.11 Å². The molecule has 132 valence electrons. The van der Waals surface area contributed by atoms with Gasteiger partial charge in [-0.1, -0.05) is 25.1 Å². The van der Waals surface area contributed by atoms with Crippen LogP contribution in [0.25, 0.3) is 22.8 Å². The number of halogens is 1. The van der Waals surface area contributed by atoms with Crippen molar-refractivity contribution in [2.75, 3.05) is 20.7 Å². The molecule has 3 aromatic rings. The average Bonchev–Trinajstić information content (AvgIpc) is 3.12. The van der Waals surface area contributed by atoms with E-state index < -0.39 is 0 Å². The van der Waals surface area contributed by atoms with Gasteiger partial charge in [-0.15, -0.1) is 12.4 Å². The molecule has 1 heterocycles. The fourth-order valence-electron chi connectivity index (χ4n) is 2.50. The van der Waals surface area contributed by atoms with Gasteiger partial charge in [0.1, 0.15) is 5.75 Å². The summed E-state index contributed by atoms with van der Waals surface area (Å²) in [6.45, 7) is 4.09. The van der Waals surface area contributed by atoms with E-state index in [1.165, 1.54) is 5.56 Å². The maximum Gasteiger partial charge on any atom is 0.181 e. The molecule has 2 aromatic carbocycles. The van der Waals surface area contributed by atoms with Crippen LogP contribution in [-0.4, -0.2) is 40.8 Å². The zero-order valence-electron chi connectivity index (χ0n) is 14.7. The predicted molar refractivity (Wildman–Crippen MR) is 103 cm³/mol. The Hall–Kier alpha value is -2.37. The molecule has 0 aliphatic heterocycles. The monoisotopic (exact) mass is 358 g/mol. The number of aromatic nitrogens is 3. The van der Waals surface area contributed by atoms with E-state index in [-0.39, 0.29) is 12.4 Å². The molecular weight excluding hydrogens is 336 g/mol. The standard InChI is InChI=1S/C19H22N4O.ClH/c1-4-23(2)13-14-6-5-7-16(12-14)19-20-18(21-22-19)15-8-10-17(24-3)11-9-15;/h5-12H,4,13H2,1-3H3,(H,20,21,22);1H. The highest BCUT2D eigenvalue weighted by Gasteiger charge is 2.09. The summed E-state index contributed by atoms with van der Waals surface area (Å²) < 4.78 is 5.18. The van der Waals surface area contributed by atoms with Crippen molar-refractivity contribution in [3.8, 4) is 28.5 Å². The van der Waals surface area contributed by atoms with Gasteiger partial charge in [0.2, 0.25) is 0 Å². The summed E-state index contributed by atoms with van der Waals surface area (Å²) in [5, 5.41) is 7.38. The molecule has 3 rings (SSSR count). The lowest BCUT2D eigenvalue weighted by molar-refractivity contribution is 0.346. The molecule has 1 N–H and O–H groups in total. The Morgan fingerprint density at radius 1 is 1.08 bits per heavy atom. The van der Waals surface area contributed by atoms with Crippen LogP contribution in [0.2, 0.25) is 0 Å². The van der Waals surface area contributed by atoms with Crippen molar-refractivity contribution in [3.05, 3.63) is 54.1 Å². The van der Waals surface area contributed by atoms with Crippen LogP contribution < -0.4 is 4.74 Å². The Balaban J connectivity index is 0.00000225. The van der Waals surface area contributed by atoms with Crippen LogP contribution in [0.5, 0.6) is 5.75 Å². The number of rotatable bonds is 6. The number of H-pyrrole nitrogens is 1. The second kappa shape index (κ2) is 8.65. The average molecular weight is 359 g/mol. The van der Waals surface area contributed by atoms with Gasteiger partial charge in [0, 0.05) is 17.7 Å². The minimum Gasteiger partial charge on any atom is -0.497 e. The van der Waals surface area contributed by atoms with Crippen LogP contribution >= 0.6 is 12.4 Å². The fraction of sp³-hybridized carbons (Fsp3) is 0.263. The number of hydrogen-bond acceptors (Lipinski definition) is 4. The van der Waals surface area contributed by atoms with Gasteiger partial charge >= 0.3 is 0 Å². The Bertz CT molecular complexity index is 801. The smallest absolute Gasteiger partial charge is 0.181 e. The molecule has 25 heavy (non-hydrogen) atoms. The molecule has 5 nitrogen and oxygen atoms in total. The van der Waals surface area contributed by atoms with E-state index in [9.17, 15) is 0 Å². The molecular formula is C19H23ClN4O. The quantitative estimate of drug-likeness (QED) is 0.723. The van der Waals surface area contributed by atoms with E-state index >= 15 is 0 Å². The SMILES string of the molecule is CCN(C)Cc1cccc(-c2n[nH]c(-c3ccc(OC)cc3)n2)c1.Cl. The summed E-state index contributed by atoms with van der Waals surface area (Å²) in [6, 6.07) is 16.1. The molecule has 0 saturated carbocycles. The number of aromatic amines is 1. The van der Waals surface area contributed by atoms with Crippen molar-refractivity contribution in [1.82, 2.24) is 20.1 Å². The largest absolute Gasteiger partial charge is 0.497 e. The third-order valence-electron chi connectivity index (χ3n) is 4.03. The summed E-state index contributed by atoms with van der Waals surface area (Å²) in [5.74, 6) is 2.29. The first-order chi connectivity index (χ1) is 11.7. The molecule has 0 bridgehead atoms. The van der Waals surface area contributed by atoms with Crippen molar-refractivity contribution < 1.29 is 4.74 Å². The first kappa shape index (κ1) is 19.0. The molecule has 0 spiro atoms. The lowest BCUT2D eigenvalue weighted by atomic mass is 10.1. The van der Waals surface area contributed by atoms with Crippen molar-refractivity contribution in [3.63, 3.8) is 0 Å². The van der Waals surface area contributed by atoms with Crippen LogP contribution in [0.15, 0.2) is 48.5 Å². The van der Waals surface area contributed by atoms with Gasteiger partial charge in [-0.3, -0.25) is 5.10 Å². The zero-order valence-corrected chi connectivity index (χ0v) is 15.5. The maximum atomic E-state index is 5.18. The van der Waals surface area contributed by atoms with Crippen LogP contribution in [-0.2, 0) is 6.54 Å². The van der Waals surface area contributed by atoms with Crippen molar-refractivity contribution in [1.29, 1.82) is 0 Å². The zero-order chi connectivity index (χ0) is 16.9. The predicted octanol–water partition coefficient (Wildman–Crippen LogP) is 4.02. The van der Waals surface area contributed by atoms with Crippen molar-refractivity contribution >= 4 is 12.4 Å². The minimum atomic E-state index is 0. The third-order valence-corrected chi connectivity index (χ3v) is 4.03. The molecule has 1 aromatic heterocycles. The van der Waals surface area contributed by atoms with Gasteiger partial charge < -0.3 is 9.64 Å². The summed E-state index contributed by atoms with van der Waals surface area (Å²) in [7, 11) is 3.77. The summed E-state index contributed by atoms with van der Waals surface area (Å²) in [6.07, 6.45) is 0. The molecule has 0 unspecified atom stereocenters. The topological polar surface area (TPSA) is 54.0 Å². The van der Waals surface area contributed by atoms with Crippen LogP contribution in [0, 0.1) is 0 Å². The highest BCUT2D eigenvalue weighted by Crippen LogP contribution is 2.23. The van der Waals surface area contributed by atoms with Gasteiger partial charge in [-0.25, -0.2) is 4.98 Å². The summed E-state index contributed by atoms with van der Waals surface area (Å²) in [5.41, 5.74) is 3.26. The molecule has 0 saturated heterocycles. The lowest BCUT2D eigenvalue weighted by Crippen LogP contribution is -2.16. The fourth-order valence-corrected chi connectivity index (χ4v) is 2.50. The minimum absolute atomic E-state index is 0. The van der Waals surface area contributed by atoms with E-state index in [2.05, 4.69) is 52.3 Å². The van der Waals surface area contributed by atoms with Gasteiger partial charge in [0.15, 0.2) is 11.6 Å². The molecule has 0 atom stereocenters. The van der Waals surface area contributed by atoms with E-state index in [0.717, 1.165) is 35.8 Å². The lowest BCUT2D eigenvalue weighted by Gasteiger charge is -2.13. The van der Waals surface area contributed by atoms with Gasteiger partial charge in [0.25, 0.3) is 0 Å². The third kappa shape index (κ3) is 4.59. The molecule has 0 aliphatic rings. The second-order valence-electron chi connectivity index (χ2n) is 5.77. The molecule has 0 amide bonds. The Morgan fingerprint density at radius 3 is 2.52 bits per heavy atom. The number of hydrogen-bond donors (Lipinski definition) is 1. The highest BCUT2D eigenvalue weighted by atomic mass is 35.5. The van der Waals surface area contributed by atoms with Gasteiger partial charge in [0.05, 0.1) is 7.11 Å². The Labute approximate surface area is 154 Å². The molecule has 0 radical (unpaired) electrons. The van der Waals surface area contributed by atoms with Crippen molar-refractivity contribution in [2.24, 2.45) is 0 Å². The first-order valence-electron chi connectivity index (χ1n) is 8.04. The Kier molecular flexibility index (Phi) is 6.56. The first-order valence-corrected chi connectivity index (χ1v) is 8.04. The molecule has 0 fully saturated rings. The van der Waals surface area contributed by atoms with Gasteiger partial charge in [-0.2, -0.15) is 5.10 Å². The van der Waals surface area contributed by atoms with Crippen LogP contribution in [0.3, 0.4) is 0 Å². The Morgan fingerprint density at radius 2 is 1.84 bits per heavy atom. The van der Waals surface area contributed by atoms with E-state index in [4.69, 9.17) is 4.74 Å². The number of nitrogens with zero attached hydrogens (tertiary/aromatic N) is 3. The van der Waals surface area contributed by atoms with E-state index in [0.29, 0.717) is 5.82 Å². The normalized spacial score (nSPS) is 10.6. The number of benzene rings is 2. The molecule has 6 heteroatoms. The van der Waals surface area contributed by atoms with Crippen LogP contribution in [0.1, 0.15) is 12.5 Å². The number of methoxy groups -OCH3 is 1. The second-order valence-corrected chi connectivity index (χ2v) is 5.77. The van der Waals surface area contributed by atoms with Crippen LogP contribution in [0.4, 0.5) is 0 Å². The van der Waals surface area contributed by atoms with Gasteiger partial charge in [-0.05, 0) is 49.5 Å². The number of ether oxygens (including phenoxy) is 1.